The van der Waals surface area contributed by atoms with Crippen LogP contribution in [-0.2, 0) is 0 Å². The molecular weight excluding hydrogens is 236 g/mol. The van der Waals surface area contributed by atoms with Gasteiger partial charge in [0.05, 0.1) is 13.2 Å². The van der Waals surface area contributed by atoms with Gasteiger partial charge in [0.15, 0.2) is 0 Å². The fourth-order valence-electron chi connectivity index (χ4n) is 1.55. The van der Waals surface area contributed by atoms with Crippen LogP contribution in [-0.4, -0.2) is 18.3 Å². The highest BCUT2D eigenvalue weighted by atomic mass is 16.5. The average Bonchev–Trinajstić information content (AvgIpc) is 2.30. The summed E-state index contributed by atoms with van der Waals surface area (Å²) in [7, 11) is 0. The summed E-state index contributed by atoms with van der Waals surface area (Å²) < 4.78 is 5.76. The third-order valence-electron chi connectivity index (χ3n) is 2.78. The van der Waals surface area contributed by atoms with Crippen LogP contribution in [0.2, 0.25) is 0 Å². The Hall–Kier alpha value is -1.46. The fraction of sp³-hybridized carbons (Fsp3) is 0.529. The van der Waals surface area contributed by atoms with Crippen LogP contribution < -0.4 is 4.74 Å². The molecule has 0 saturated heterocycles. The number of aliphatic hydroxyl groups is 1. The highest BCUT2D eigenvalue weighted by Gasteiger charge is 2.10. The predicted molar refractivity (Wildman–Crippen MR) is 79.3 cm³/mol. The molecule has 2 heteroatoms. The van der Waals surface area contributed by atoms with Gasteiger partial charge in [-0.2, -0.15) is 0 Å². The molecule has 1 N–H and O–H groups in total. The lowest BCUT2D eigenvalue weighted by molar-refractivity contribution is 0.243. The molecular formula is C17H24O2. The quantitative estimate of drug-likeness (QED) is 0.839. The first kappa shape index (κ1) is 15.6. The van der Waals surface area contributed by atoms with Gasteiger partial charge < -0.3 is 9.84 Å². The molecule has 0 fully saturated rings. The Kier molecular flexibility index (Phi) is 5.92. The highest BCUT2D eigenvalue weighted by Crippen LogP contribution is 2.21. The van der Waals surface area contributed by atoms with Crippen LogP contribution in [0.15, 0.2) is 18.2 Å². The smallest absolute Gasteiger partial charge is 0.119 e. The van der Waals surface area contributed by atoms with Crippen LogP contribution in [0.25, 0.3) is 0 Å². The lowest BCUT2D eigenvalue weighted by Crippen LogP contribution is -2.11. The van der Waals surface area contributed by atoms with E-state index in [1.807, 2.05) is 25.1 Å². The monoisotopic (exact) mass is 260 g/mol. The minimum absolute atomic E-state index is 0.111. The molecule has 2 nitrogen and oxygen atoms in total. The van der Waals surface area contributed by atoms with Gasteiger partial charge in [-0.3, -0.25) is 0 Å². The van der Waals surface area contributed by atoms with Gasteiger partial charge in [-0.1, -0.05) is 32.6 Å². The normalized spacial score (nSPS) is 10.8. The van der Waals surface area contributed by atoms with Crippen molar-refractivity contribution in [3.63, 3.8) is 0 Å². The van der Waals surface area contributed by atoms with Gasteiger partial charge in [0.25, 0.3) is 0 Å². The van der Waals surface area contributed by atoms with Crippen LogP contribution in [0.3, 0.4) is 0 Å². The molecule has 0 aliphatic carbocycles. The summed E-state index contributed by atoms with van der Waals surface area (Å²) in [4.78, 5) is 0. The molecule has 1 aromatic carbocycles. The zero-order valence-corrected chi connectivity index (χ0v) is 12.4. The van der Waals surface area contributed by atoms with E-state index in [9.17, 15) is 0 Å². The molecule has 0 amide bonds. The second-order valence-electron chi connectivity index (χ2n) is 5.91. The maximum atomic E-state index is 8.70. The van der Waals surface area contributed by atoms with Gasteiger partial charge in [0, 0.05) is 12.0 Å². The van der Waals surface area contributed by atoms with Crippen molar-refractivity contribution >= 4 is 0 Å². The molecule has 104 valence electrons. The lowest BCUT2D eigenvalue weighted by Gasteiger charge is -2.18. The molecule has 0 unspecified atom stereocenters. The Morgan fingerprint density at radius 1 is 1.26 bits per heavy atom. The van der Waals surface area contributed by atoms with E-state index in [0.29, 0.717) is 11.8 Å². The molecule has 0 saturated carbocycles. The molecule has 0 aliphatic heterocycles. The molecule has 0 bridgehead atoms. The first-order valence-electron chi connectivity index (χ1n) is 6.75. The van der Waals surface area contributed by atoms with Crippen LogP contribution in [0.4, 0.5) is 0 Å². The Morgan fingerprint density at radius 3 is 2.58 bits per heavy atom. The Bertz CT molecular complexity index is 458. The van der Waals surface area contributed by atoms with Crippen molar-refractivity contribution in [1.29, 1.82) is 0 Å². The van der Waals surface area contributed by atoms with Gasteiger partial charge in [0.1, 0.15) is 5.75 Å². The van der Waals surface area contributed by atoms with Crippen LogP contribution in [0.5, 0.6) is 5.75 Å². The summed E-state index contributed by atoms with van der Waals surface area (Å²) in [6.07, 6.45) is 1.55. The van der Waals surface area contributed by atoms with E-state index >= 15 is 0 Å². The van der Waals surface area contributed by atoms with Crippen molar-refractivity contribution < 1.29 is 9.84 Å². The zero-order chi connectivity index (χ0) is 14.3. The van der Waals surface area contributed by atoms with Crippen molar-refractivity contribution in [2.75, 3.05) is 13.2 Å². The number of aryl methyl sites for hydroxylation is 1. The molecule has 0 aromatic heterocycles. The van der Waals surface area contributed by atoms with Crippen LogP contribution in [0, 0.1) is 24.2 Å². The summed E-state index contributed by atoms with van der Waals surface area (Å²) in [5.74, 6) is 6.89. The third-order valence-corrected chi connectivity index (χ3v) is 2.78. The summed E-state index contributed by atoms with van der Waals surface area (Å²) in [6, 6.07) is 5.95. The first-order chi connectivity index (χ1) is 8.92. The number of hydrogen-bond acceptors (Lipinski definition) is 2. The summed E-state index contributed by atoms with van der Waals surface area (Å²) in [5.41, 5.74) is 2.40. The van der Waals surface area contributed by atoms with E-state index in [2.05, 4.69) is 32.6 Å². The molecule has 0 atom stereocenters. The number of hydrogen-bond donors (Lipinski definition) is 1. The topological polar surface area (TPSA) is 29.5 Å². The van der Waals surface area contributed by atoms with Crippen molar-refractivity contribution in [2.24, 2.45) is 5.41 Å². The maximum absolute atomic E-state index is 8.70. The van der Waals surface area contributed by atoms with E-state index in [1.165, 1.54) is 0 Å². The van der Waals surface area contributed by atoms with Crippen molar-refractivity contribution in [1.82, 2.24) is 0 Å². The molecule has 0 spiro atoms. The van der Waals surface area contributed by atoms with Crippen LogP contribution in [0.1, 0.15) is 44.7 Å². The summed E-state index contributed by atoms with van der Waals surface area (Å²) in [6.45, 7) is 9.50. The predicted octanol–water partition coefficient (Wildman–Crippen LogP) is 3.54. The summed E-state index contributed by atoms with van der Waals surface area (Å²) in [5, 5.41) is 8.70. The number of ether oxygens (including phenoxy) is 1. The fourth-order valence-corrected chi connectivity index (χ4v) is 1.55. The zero-order valence-electron chi connectivity index (χ0n) is 12.4. The van der Waals surface area contributed by atoms with Crippen molar-refractivity contribution in [3.05, 3.63) is 29.3 Å². The van der Waals surface area contributed by atoms with E-state index < -0.39 is 0 Å². The standard InChI is InChI=1S/C17H24O2/c1-14-13-16(19-12-10-17(2,3)4)9-8-15(14)7-5-6-11-18/h8-9,13,18H,6,10-12H2,1-4H3. The number of aliphatic hydroxyl groups excluding tert-OH is 1. The minimum Gasteiger partial charge on any atom is -0.494 e. The number of rotatable bonds is 4. The largest absolute Gasteiger partial charge is 0.494 e. The Balaban J connectivity index is 2.60. The third kappa shape index (κ3) is 6.31. The molecule has 0 aliphatic rings. The van der Waals surface area contributed by atoms with Gasteiger partial charge in [-0.15, -0.1) is 0 Å². The molecule has 1 rings (SSSR count). The molecule has 0 heterocycles. The lowest BCUT2D eigenvalue weighted by atomic mass is 9.93. The Morgan fingerprint density at radius 2 is 2.00 bits per heavy atom. The summed E-state index contributed by atoms with van der Waals surface area (Å²) >= 11 is 0. The van der Waals surface area contributed by atoms with Gasteiger partial charge in [-0.05, 0) is 42.5 Å². The maximum Gasteiger partial charge on any atom is 0.119 e. The van der Waals surface area contributed by atoms with Crippen molar-refractivity contribution in [3.8, 4) is 17.6 Å². The minimum atomic E-state index is 0.111. The SMILES string of the molecule is Cc1cc(OCCC(C)(C)C)ccc1C#CCCO. The van der Waals surface area contributed by atoms with Gasteiger partial charge in [-0.25, -0.2) is 0 Å². The highest BCUT2D eigenvalue weighted by molar-refractivity contribution is 5.44. The molecule has 1 aromatic rings. The molecule has 0 radical (unpaired) electrons. The number of benzene rings is 1. The van der Waals surface area contributed by atoms with Gasteiger partial charge in [0.2, 0.25) is 0 Å². The van der Waals surface area contributed by atoms with Crippen molar-refractivity contribution in [2.45, 2.75) is 40.5 Å². The average molecular weight is 260 g/mol. The van der Waals surface area contributed by atoms with Crippen LogP contribution >= 0.6 is 0 Å². The second kappa shape index (κ2) is 7.21. The van der Waals surface area contributed by atoms with E-state index in [-0.39, 0.29) is 6.61 Å². The molecule has 19 heavy (non-hydrogen) atoms. The Labute approximate surface area is 116 Å². The van der Waals surface area contributed by atoms with E-state index in [1.54, 1.807) is 0 Å². The first-order valence-corrected chi connectivity index (χ1v) is 6.75. The van der Waals surface area contributed by atoms with E-state index in [4.69, 9.17) is 9.84 Å². The van der Waals surface area contributed by atoms with Gasteiger partial charge >= 0.3 is 0 Å². The van der Waals surface area contributed by atoms with E-state index in [0.717, 1.165) is 29.9 Å². The second-order valence-corrected chi connectivity index (χ2v) is 5.91.